The van der Waals surface area contributed by atoms with Crippen molar-refractivity contribution < 1.29 is 14.3 Å². The molecule has 0 spiro atoms. The molecule has 0 bridgehead atoms. The van der Waals surface area contributed by atoms with Gasteiger partial charge in [0, 0.05) is 57.3 Å². The maximum Gasteiger partial charge on any atom is 0.269 e. The zero-order valence-electron chi connectivity index (χ0n) is 16.4. The van der Waals surface area contributed by atoms with Gasteiger partial charge in [-0.15, -0.1) is 0 Å². The Kier molecular flexibility index (Phi) is 6.60. The zero-order chi connectivity index (χ0) is 19.9. The minimum atomic E-state index is -0.309. The molecular weight excluding hydrogens is 356 g/mol. The fourth-order valence-corrected chi connectivity index (χ4v) is 3.22. The fourth-order valence-electron chi connectivity index (χ4n) is 3.22. The van der Waals surface area contributed by atoms with E-state index in [2.05, 4.69) is 46.4 Å². The second-order valence-electron chi connectivity index (χ2n) is 6.80. The van der Waals surface area contributed by atoms with E-state index < -0.39 is 0 Å². The van der Waals surface area contributed by atoms with Gasteiger partial charge in [-0.25, -0.2) is 0 Å². The molecule has 7 heteroatoms. The highest BCUT2D eigenvalue weighted by Gasteiger charge is 2.23. The minimum Gasteiger partial charge on any atom is -0.383 e. The summed E-state index contributed by atoms with van der Waals surface area (Å²) >= 11 is 0. The van der Waals surface area contributed by atoms with Crippen molar-refractivity contribution in [2.45, 2.75) is 6.92 Å². The van der Waals surface area contributed by atoms with Gasteiger partial charge in [0.05, 0.1) is 6.61 Å². The van der Waals surface area contributed by atoms with Gasteiger partial charge >= 0.3 is 0 Å². The molecule has 7 nitrogen and oxygen atoms in total. The predicted octanol–water partition coefficient (Wildman–Crippen LogP) is 1.73. The van der Waals surface area contributed by atoms with E-state index in [1.807, 2.05) is 4.90 Å². The Morgan fingerprint density at radius 1 is 1.14 bits per heavy atom. The van der Waals surface area contributed by atoms with Crippen molar-refractivity contribution in [2.75, 3.05) is 51.3 Å². The number of pyridine rings is 1. The summed E-state index contributed by atoms with van der Waals surface area (Å²) < 4.78 is 4.92. The van der Waals surface area contributed by atoms with Crippen LogP contribution in [0.3, 0.4) is 0 Å². The van der Waals surface area contributed by atoms with E-state index in [0.29, 0.717) is 31.8 Å². The Labute approximate surface area is 165 Å². The summed E-state index contributed by atoms with van der Waals surface area (Å²) in [5, 5.41) is 2.72. The van der Waals surface area contributed by atoms with Gasteiger partial charge in [0.2, 0.25) is 0 Å². The molecule has 1 aliphatic rings. The van der Waals surface area contributed by atoms with Crippen LogP contribution in [-0.4, -0.2) is 68.1 Å². The number of methoxy groups -OCH3 is 1. The van der Waals surface area contributed by atoms with E-state index in [1.165, 1.54) is 17.4 Å². The second kappa shape index (κ2) is 9.32. The minimum absolute atomic E-state index is 0.0720. The van der Waals surface area contributed by atoms with Crippen LogP contribution in [0.4, 0.5) is 5.69 Å². The Morgan fingerprint density at radius 3 is 2.64 bits per heavy atom. The van der Waals surface area contributed by atoms with Gasteiger partial charge in [-0.05, 0) is 36.8 Å². The number of nitrogens with one attached hydrogen (secondary N) is 1. The Hall–Kier alpha value is -2.93. The van der Waals surface area contributed by atoms with Gasteiger partial charge in [-0.3, -0.25) is 14.6 Å². The first-order valence-corrected chi connectivity index (χ1v) is 9.42. The third-order valence-corrected chi connectivity index (χ3v) is 4.76. The first-order valence-electron chi connectivity index (χ1n) is 9.42. The van der Waals surface area contributed by atoms with Gasteiger partial charge in [0.15, 0.2) is 0 Å². The van der Waals surface area contributed by atoms with Crippen LogP contribution in [0, 0.1) is 6.92 Å². The molecule has 0 saturated carbocycles. The Morgan fingerprint density at radius 2 is 1.93 bits per heavy atom. The highest BCUT2D eigenvalue weighted by Crippen LogP contribution is 2.18. The molecule has 0 radical (unpaired) electrons. The van der Waals surface area contributed by atoms with Crippen LogP contribution in [0.1, 0.15) is 26.4 Å². The third-order valence-electron chi connectivity index (χ3n) is 4.76. The van der Waals surface area contributed by atoms with Gasteiger partial charge in [0.25, 0.3) is 11.8 Å². The van der Waals surface area contributed by atoms with Gasteiger partial charge in [-0.2, -0.15) is 0 Å². The average molecular weight is 382 g/mol. The summed E-state index contributed by atoms with van der Waals surface area (Å²) in [5.74, 6) is -0.381. The number of anilines is 1. The molecule has 0 unspecified atom stereocenters. The molecule has 0 atom stereocenters. The van der Waals surface area contributed by atoms with Crippen molar-refractivity contribution in [1.82, 2.24) is 15.2 Å². The third kappa shape index (κ3) is 4.86. The summed E-state index contributed by atoms with van der Waals surface area (Å²) in [4.78, 5) is 33.2. The number of carbonyl (C=O) groups excluding carboxylic acids is 2. The summed E-state index contributed by atoms with van der Waals surface area (Å²) in [6.07, 6.45) is 1.50. The Bertz CT molecular complexity index is 832. The number of benzene rings is 1. The van der Waals surface area contributed by atoms with Crippen LogP contribution in [0.5, 0.6) is 0 Å². The quantitative estimate of drug-likeness (QED) is 0.770. The van der Waals surface area contributed by atoms with Crippen molar-refractivity contribution in [3.8, 4) is 0 Å². The summed E-state index contributed by atoms with van der Waals surface area (Å²) in [5.41, 5.74) is 3.13. The number of hydrogen-bond donors (Lipinski definition) is 1. The van der Waals surface area contributed by atoms with E-state index in [1.54, 1.807) is 19.2 Å². The van der Waals surface area contributed by atoms with E-state index in [9.17, 15) is 9.59 Å². The van der Waals surface area contributed by atoms with Gasteiger partial charge < -0.3 is 19.9 Å². The standard InChI is InChI=1S/C21H26N4O3/c1-16-4-3-5-18(14-16)24-9-11-25(12-10-24)21(27)17-6-7-22-19(15-17)20(26)23-8-13-28-2/h3-7,14-15H,8-13H2,1-2H3,(H,23,26). The lowest BCUT2D eigenvalue weighted by molar-refractivity contribution is 0.0746. The summed E-state index contributed by atoms with van der Waals surface area (Å²) in [6, 6.07) is 11.6. The van der Waals surface area contributed by atoms with Crippen molar-refractivity contribution in [3.05, 3.63) is 59.4 Å². The molecule has 1 fully saturated rings. The number of hydrogen-bond acceptors (Lipinski definition) is 5. The molecular formula is C21H26N4O3. The lowest BCUT2D eigenvalue weighted by Crippen LogP contribution is -2.48. The number of rotatable bonds is 6. The zero-order valence-corrected chi connectivity index (χ0v) is 16.4. The van der Waals surface area contributed by atoms with Crippen LogP contribution < -0.4 is 10.2 Å². The number of ether oxygens (including phenoxy) is 1. The molecule has 1 aliphatic heterocycles. The van der Waals surface area contributed by atoms with Crippen molar-refractivity contribution >= 4 is 17.5 Å². The highest BCUT2D eigenvalue weighted by atomic mass is 16.5. The molecule has 2 amide bonds. The maximum absolute atomic E-state index is 12.9. The lowest BCUT2D eigenvalue weighted by atomic mass is 10.1. The summed E-state index contributed by atoms with van der Waals surface area (Å²) in [7, 11) is 1.57. The molecule has 1 aromatic carbocycles. The molecule has 1 saturated heterocycles. The predicted molar refractivity (Wildman–Crippen MR) is 108 cm³/mol. The van der Waals surface area contributed by atoms with Gasteiger partial charge in [0.1, 0.15) is 5.69 Å². The second-order valence-corrected chi connectivity index (χ2v) is 6.80. The number of amides is 2. The normalized spacial score (nSPS) is 14.1. The van der Waals surface area contributed by atoms with E-state index in [4.69, 9.17) is 4.74 Å². The molecule has 28 heavy (non-hydrogen) atoms. The fraction of sp³-hybridized carbons (Fsp3) is 0.381. The highest BCUT2D eigenvalue weighted by molar-refractivity contribution is 5.98. The number of aryl methyl sites for hydroxylation is 1. The first kappa shape index (κ1) is 19.8. The smallest absolute Gasteiger partial charge is 0.269 e. The van der Waals surface area contributed by atoms with Crippen LogP contribution >= 0.6 is 0 Å². The number of aromatic nitrogens is 1. The van der Waals surface area contributed by atoms with Crippen LogP contribution in [-0.2, 0) is 4.74 Å². The van der Waals surface area contributed by atoms with Gasteiger partial charge in [-0.1, -0.05) is 12.1 Å². The molecule has 3 rings (SSSR count). The molecule has 2 aromatic rings. The summed E-state index contributed by atoms with van der Waals surface area (Å²) in [6.45, 7) is 5.76. The SMILES string of the molecule is COCCNC(=O)c1cc(C(=O)N2CCN(c3cccc(C)c3)CC2)ccn1. The van der Waals surface area contributed by atoms with E-state index >= 15 is 0 Å². The largest absolute Gasteiger partial charge is 0.383 e. The molecule has 148 valence electrons. The van der Waals surface area contributed by atoms with Crippen LogP contribution in [0.15, 0.2) is 42.6 Å². The number of nitrogens with zero attached hydrogens (tertiary/aromatic N) is 3. The molecule has 2 heterocycles. The van der Waals surface area contributed by atoms with E-state index in [-0.39, 0.29) is 17.5 Å². The first-order chi connectivity index (χ1) is 13.6. The molecule has 0 aliphatic carbocycles. The molecule has 1 N–H and O–H groups in total. The topological polar surface area (TPSA) is 74.8 Å². The van der Waals surface area contributed by atoms with Crippen molar-refractivity contribution in [2.24, 2.45) is 0 Å². The average Bonchev–Trinajstić information content (AvgIpc) is 2.73. The van der Waals surface area contributed by atoms with E-state index in [0.717, 1.165) is 13.1 Å². The lowest BCUT2D eigenvalue weighted by Gasteiger charge is -2.36. The van der Waals surface area contributed by atoms with Crippen molar-refractivity contribution in [3.63, 3.8) is 0 Å². The molecule has 1 aromatic heterocycles. The Balaban J connectivity index is 1.60. The van der Waals surface area contributed by atoms with Crippen LogP contribution in [0.25, 0.3) is 0 Å². The monoisotopic (exact) mass is 382 g/mol. The maximum atomic E-state index is 12.9. The van der Waals surface area contributed by atoms with Crippen LogP contribution in [0.2, 0.25) is 0 Å². The van der Waals surface area contributed by atoms with Crippen molar-refractivity contribution in [1.29, 1.82) is 0 Å². The number of carbonyl (C=O) groups is 2. The number of piperazine rings is 1.